The van der Waals surface area contributed by atoms with Crippen LogP contribution in [0.1, 0.15) is 77.0 Å². The van der Waals surface area contributed by atoms with Crippen LogP contribution < -0.4 is 0 Å². The molecule has 0 rings (SSSR count). The molecule has 22 heavy (non-hydrogen) atoms. The smallest absolute Gasteiger partial charge is 0.334 e. The third-order valence-corrected chi connectivity index (χ3v) is 4.36. The highest BCUT2D eigenvalue weighted by molar-refractivity contribution is 9.09. The van der Waals surface area contributed by atoms with Gasteiger partial charge in [-0.1, -0.05) is 73.4 Å². The zero-order chi connectivity index (χ0) is 16.5. The third-order valence-electron chi connectivity index (χ3n) is 3.76. The molecule has 0 aromatic rings. The number of alkyl halides is 1. The zero-order valence-electron chi connectivity index (χ0n) is 13.9. The van der Waals surface area contributed by atoms with E-state index in [1.54, 1.807) is 0 Å². The van der Waals surface area contributed by atoms with E-state index in [4.69, 9.17) is 4.74 Å². The number of allylic oxidation sites excluding steroid dienone is 1. The van der Waals surface area contributed by atoms with Crippen molar-refractivity contribution in [1.29, 1.82) is 0 Å². The molecule has 0 aromatic heterocycles. The van der Waals surface area contributed by atoms with Crippen LogP contribution in [0.25, 0.3) is 0 Å². The Morgan fingerprint density at radius 3 is 1.73 bits per heavy atom. The second-order valence-corrected chi connectivity index (χ2v) is 6.19. The summed E-state index contributed by atoms with van der Waals surface area (Å²) < 4.78 is 4.71. The van der Waals surface area contributed by atoms with Crippen molar-refractivity contribution in [3.8, 4) is 0 Å². The first-order valence-electron chi connectivity index (χ1n) is 8.53. The molecule has 0 bridgehead atoms. The maximum Gasteiger partial charge on any atom is 0.334 e. The highest BCUT2D eigenvalue weighted by Crippen LogP contribution is 2.13. The maximum absolute atomic E-state index is 11.4. The number of carbonyl (C=O) groups is 2. The molecule has 0 saturated carbocycles. The predicted molar refractivity (Wildman–Crippen MR) is 95.4 cm³/mol. The zero-order valence-corrected chi connectivity index (χ0v) is 15.5. The third kappa shape index (κ3) is 13.1. The van der Waals surface area contributed by atoms with Gasteiger partial charge in [0, 0.05) is 17.3 Å². The monoisotopic (exact) mass is 374 g/mol. The minimum Gasteiger partial charge on any atom is -0.466 e. The molecule has 0 amide bonds. The summed E-state index contributed by atoms with van der Waals surface area (Å²) in [5.41, 5.74) is 0.720. The van der Waals surface area contributed by atoms with Crippen LogP contribution in [-0.2, 0) is 14.3 Å². The summed E-state index contributed by atoms with van der Waals surface area (Å²) in [6, 6.07) is 0. The van der Waals surface area contributed by atoms with Crippen LogP contribution in [0, 0.1) is 0 Å². The van der Waals surface area contributed by atoms with E-state index < -0.39 is 0 Å². The second-order valence-electron chi connectivity index (χ2n) is 5.63. The molecular formula is C18H31BrO3. The van der Waals surface area contributed by atoms with Crippen molar-refractivity contribution >= 4 is 28.2 Å². The van der Waals surface area contributed by atoms with Crippen molar-refractivity contribution in [2.24, 2.45) is 0 Å². The van der Waals surface area contributed by atoms with Gasteiger partial charge in [-0.05, 0) is 19.3 Å². The molecule has 0 aliphatic rings. The normalized spacial score (nSPS) is 11.5. The molecule has 0 atom stereocenters. The van der Waals surface area contributed by atoms with Crippen LogP contribution in [0.4, 0.5) is 0 Å². The Balaban J connectivity index is 3.34. The largest absolute Gasteiger partial charge is 0.466 e. The number of hydrogen-bond acceptors (Lipinski definition) is 3. The minimum atomic E-state index is -0.231. The van der Waals surface area contributed by atoms with Crippen molar-refractivity contribution in [3.63, 3.8) is 0 Å². The van der Waals surface area contributed by atoms with Gasteiger partial charge in [-0.2, -0.15) is 0 Å². The van der Waals surface area contributed by atoms with Crippen molar-refractivity contribution in [3.05, 3.63) is 11.6 Å². The molecule has 0 spiro atoms. The number of hydrogen-bond donors (Lipinski definition) is 0. The lowest BCUT2D eigenvalue weighted by Crippen LogP contribution is -2.05. The topological polar surface area (TPSA) is 43.4 Å². The molecule has 4 heteroatoms. The van der Waals surface area contributed by atoms with E-state index in [2.05, 4.69) is 15.9 Å². The Kier molecular flexibility index (Phi) is 16.2. The van der Waals surface area contributed by atoms with Crippen LogP contribution in [-0.4, -0.2) is 24.7 Å². The minimum absolute atomic E-state index is 0.231. The van der Waals surface area contributed by atoms with Gasteiger partial charge in [0.05, 0.1) is 7.11 Å². The van der Waals surface area contributed by atoms with E-state index in [0.717, 1.165) is 37.5 Å². The Labute approximate surface area is 144 Å². The lowest BCUT2D eigenvalue weighted by molar-refractivity contribution is -0.136. The van der Waals surface area contributed by atoms with Gasteiger partial charge in [0.25, 0.3) is 0 Å². The standard InChI is InChI=1S/C18H31BrO3/c1-22-18(21)17(16-19)14-12-10-8-6-4-2-3-5-7-9-11-13-15-20/h14-15H,2-13,16H2,1H3/b17-14+. The number of methoxy groups -OCH3 is 1. The summed E-state index contributed by atoms with van der Waals surface area (Å²) in [6.07, 6.45) is 17.1. The first-order chi connectivity index (χ1) is 10.8. The highest BCUT2D eigenvalue weighted by Gasteiger charge is 2.06. The molecule has 0 saturated heterocycles. The molecule has 128 valence electrons. The van der Waals surface area contributed by atoms with Crippen molar-refractivity contribution in [1.82, 2.24) is 0 Å². The van der Waals surface area contributed by atoms with Gasteiger partial charge in [0.1, 0.15) is 6.29 Å². The van der Waals surface area contributed by atoms with E-state index in [0.29, 0.717) is 5.33 Å². The Hall–Kier alpha value is -0.640. The number of unbranched alkanes of at least 4 members (excludes halogenated alkanes) is 11. The molecule has 0 radical (unpaired) electrons. The van der Waals surface area contributed by atoms with Crippen LogP contribution in [0.5, 0.6) is 0 Å². The molecule has 0 aliphatic carbocycles. The van der Waals surface area contributed by atoms with E-state index in [9.17, 15) is 9.59 Å². The van der Waals surface area contributed by atoms with Gasteiger partial charge in [0.2, 0.25) is 0 Å². The highest BCUT2D eigenvalue weighted by atomic mass is 79.9. The summed E-state index contributed by atoms with van der Waals surface area (Å²) in [4.78, 5) is 21.5. The fourth-order valence-corrected chi connectivity index (χ4v) is 2.84. The fraction of sp³-hybridized carbons (Fsp3) is 0.778. The van der Waals surface area contributed by atoms with Crippen molar-refractivity contribution in [2.45, 2.75) is 77.0 Å². The number of halogens is 1. The molecule has 0 aliphatic heterocycles. The number of rotatable bonds is 15. The maximum atomic E-state index is 11.4. The van der Waals surface area contributed by atoms with Gasteiger partial charge in [-0.25, -0.2) is 4.79 Å². The van der Waals surface area contributed by atoms with Crippen LogP contribution >= 0.6 is 15.9 Å². The Morgan fingerprint density at radius 1 is 0.864 bits per heavy atom. The van der Waals surface area contributed by atoms with Crippen LogP contribution in [0.15, 0.2) is 11.6 Å². The van der Waals surface area contributed by atoms with Gasteiger partial charge in [-0.15, -0.1) is 0 Å². The van der Waals surface area contributed by atoms with Gasteiger partial charge in [0.15, 0.2) is 0 Å². The number of ether oxygens (including phenoxy) is 1. The van der Waals surface area contributed by atoms with Gasteiger partial charge in [-0.3, -0.25) is 0 Å². The predicted octanol–water partition coefficient (Wildman–Crippen LogP) is 5.36. The van der Waals surface area contributed by atoms with Gasteiger partial charge >= 0.3 is 5.97 Å². The molecule has 0 fully saturated rings. The lowest BCUT2D eigenvalue weighted by Gasteiger charge is -2.03. The summed E-state index contributed by atoms with van der Waals surface area (Å²) >= 11 is 3.31. The Bertz CT molecular complexity index is 313. The molecular weight excluding hydrogens is 344 g/mol. The summed E-state index contributed by atoms with van der Waals surface area (Å²) in [7, 11) is 1.42. The van der Waals surface area contributed by atoms with Crippen LogP contribution in [0.2, 0.25) is 0 Å². The molecule has 3 nitrogen and oxygen atoms in total. The summed E-state index contributed by atoms with van der Waals surface area (Å²) in [5.74, 6) is -0.231. The summed E-state index contributed by atoms with van der Waals surface area (Å²) in [6.45, 7) is 0. The van der Waals surface area contributed by atoms with E-state index in [1.165, 1.54) is 58.5 Å². The molecule has 0 aromatic carbocycles. The first-order valence-corrected chi connectivity index (χ1v) is 9.65. The van der Waals surface area contributed by atoms with E-state index in [-0.39, 0.29) is 5.97 Å². The number of aldehydes is 1. The summed E-state index contributed by atoms with van der Waals surface area (Å²) in [5, 5.41) is 0.562. The quantitative estimate of drug-likeness (QED) is 0.127. The average Bonchev–Trinajstić information content (AvgIpc) is 2.54. The average molecular weight is 375 g/mol. The first kappa shape index (κ1) is 21.4. The second kappa shape index (κ2) is 16.7. The van der Waals surface area contributed by atoms with Crippen molar-refractivity contribution in [2.75, 3.05) is 12.4 Å². The number of carbonyl (C=O) groups excluding carboxylic acids is 2. The SMILES string of the molecule is COC(=O)/C(=C/CCCCCCCCCCCCC=O)CBr. The van der Waals surface area contributed by atoms with Gasteiger partial charge < -0.3 is 9.53 Å². The lowest BCUT2D eigenvalue weighted by atomic mass is 10.0. The molecule has 0 heterocycles. The molecule has 0 N–H and O–H groups in total. The van der Waals surface area contributed by atoms with E-state index in [1.807, 2.05) is 6.08 Å². The fourth-order valence-electron chi connectivity index (χ4n) is 2.39. The van der Waals surface area contributed by atoms with Crippen LogP contribution in [0.3, 0.4) is 0 Å². The Morgan fingerprint density at radius 2 is 1.32 bits per heavy atom. The number of esters is 1. The van der Waals surface area contributed by atoms with Crippen molar-refractivity contribution < 1.29 is 14.3 Å². The van der Waals surface area contributed by atoms with E-state index >= 15 is 0 Å². The molecule has 0 unspecified atom stereocenters.